The lowest BCUT2D eigenvalue weighted by atomic mass is 9.76. The summed E-state index contributed by atoms with van der Waals surface area (Å²) in [5.41, 5.74) is -0.393. The molecule has 20 heavy (non-hydrogen) atoms. The van der Waals surface area contributed by atoms with Crippen LogP contribution in [-0.2, 0) is 4.74 Å². The van der Waals surface area contributed by atoms with Gasteiger partial charge in [-0.3, -0.25) is 0 Å². The predicted octanol–water partition coefficient (Wildman–Crippen LogP) is 1.80. The molecule has 0 atom stereocenters. The Hall–Kier alpha value is -0.810. The van der Waals surface area contributed by atoms with Crippen molar-refractivity contribution in [1.82, 2.24) is 10.6 Å². The number of aliphatic hydroxyl groups is 1. The molecule has 2 aliphatic rings. The molecule has 2 rings (SSSR count). The molecule has 0 radical (unpaired) electrons. The lowest BCUT2D eigenvalue weighted by molar-refractivity contribution is -0.0600. The number of hydrogen-bond donors (Lipinski definition) is 3. The first-order valence-electron chi connectivity index (χ1n) is 7.73. The highest BCUT2D eigenvalue weighted by atomic mass is 16.5. The standard InChI is InChI=1S/C15H28N2O3/c1-14(2)5-3-12(4-6-14)17-13(18)16-11-15(19)7-9-20-10-8-15/h12,19H,3-11H2,1-2H3,(H2,16,17,18). The Balaban J connectivity index is 1.68. The van der Waals surface area contributed by atoms with Crippen LogP contribution in [0.4, 0.5) is 4.79 Å². The molecule has 0 unspecified atom stereocenters. The summed E-state index contributed by atoms with van der Waals surface area (Å²) in [4.78, 5) is 11.9. The van der Waals surface area contributed by atoms with Crippen LogP contribution in [0.25, 0.3) is 0 Å². The molecule has 0 spiro atoms. The van der Waals surface area contributed by atoms with Gasteiger partial charge in [-0.05, 0) is 31.1 Å². The molecule has 1 saturated heterocycles. The molecule has 2 amide bonds. The van der Waals surface area contributed by atoms with Crippen molar-refractivity contribution in [3.63, 3.8) is 0 Å². The van der Waals surface area contributed by atoms with Crippen LogP contribution in [0.3, 0.4) is 0 Å². The van der Waals surface area contributed by atoms with Crippen molar-refractivity contribution in [3.05, 3.63) is 0 Å². The van der Waals surface area contributed by atoms with Gasteiger partial charge in [0.25, 0.3) is 0 Å². The molecular formula is C15H28N2O3. The summed E-state index contributed by atoms with van der Waals surface area (Å²) in [6.45, 7) is 6.00. The molecular weight excluding hydrogens is 256 g/mol. The summed E-state index contributed by atoms with van der Waals surface area (Å²) < 4.78 is 5.22. The molecule has 116 valence electrons. The van der Waals surface area contributed by atoms with Gasteiger partial charge in [-0.15, -0.1) is 0 Å². The van der Waals surface area contributed by atoms with Crippen LogP contribution in [0.2, 0.25) is 0 Å². The Morgan fingerprint density at radius 1 is 1.20 bits per heavy atom. The maximum atomic E-state index is 11.9. The number of rotatable bonds is 3. The minimum Gasteiger partial charge on any atom is -0.388 e. The zero-order valence-electron chi connectivity index (χ0n) is 12.7. The Labute approximate surface area is 121 Å². The summed E-state index contributed by atoms with van der Waals surface area (Å²) in [6, 6.07) is 0.113. The van der Waals surface area contributed by atoms with Gasteiger partial charge in [-0.1, -0.05) is 13.8 Å². The normalized spacial score (nSPS) is 25.9. The summed E-state index contributed by atoms with van der Waals surface area (Å²) in [7, 11) is 0. The molecule has 0 aromatic heterocycles. The van der Waals surface area contributed by atoms with Crippen molar-refractivity contribution in [2.45, 2.75) is 64.0 Å². The van der Waals surface area contributed by atoms with Gasteiger partial charge in [-0.2, -0.15) is 0 Å². The Morgan fingerprint density at radius 2 is 1.80 bits per heavy atom. The largest absolute Gasteiger partial charge is 0.388 e. The lowest BCUT2D eigenvalue weighted by Gasteiger charge is -2.35. The third kappa shape index (κ3) is 4.63. The molecule has 1 aliphatic heterocycles. The van der Waals surface area contributed by atoms with Crippen molar-refractivity contribution in [1.29, 1.82) is 0 Å². The van der Waals surface area contributed by atoms with Crippen molar-refractivity contribution in [2.75, 3.05) is 19.8 Å². The van der Waals surface area contributed by atoms with E-state index in [1.54, 1.807) is 0 Å². The van der Waals surface area contributed by atoms with Crippen LogP contribution in [0.15, 0.2) is 0 Å². The second-order valence-corrected chi connectivity index (χ2v) is 7.10. The van der Waals surface area contributed by atoms with Gasteiger partial charge in [0.15, 0.2) is 0 Å². The molecule has 0 bridgehead atoms. The van der Waals surface area contributed by atoms with Gasteiger partial charge in [0.1, 0.15) is 0 Å². The molecule has 0 aromatic rings. The van der Waals surface area contributed by atoms with E-state index in [4.69, 9.17) is 4.74 Å². The quantitative estimate of drug-likeness (QED) is 0.740. The summed E-state index contributed by atoms with van der Waals surface area (Å²) in [5, 5.41) is 16.1. The second kappa shape index (κ2) is 6.31. The third-order valence-electron chi connectivity index (χ3n) is 4.68. The number of carbonyl (C=O) groups excluding carboxylic acids is 1. The maximum Gasteiger partial charge on any atom is 0.315 e. The van der Waals surface area contributed by atoms with E-state index in [-0.39, 0.29) is 12.1 Å². The fourth-order valence-corrected chi connectivity index (χ4v) is 2.95. The smallest absolute Gasteiger partial charge is 0.315 e. The average Bonchev–Trinajstić information content (AvgIpc) is 2.40. The second-order valence-electron chi connectivity index (χ2n) is 7.10. The maximum absolute atomic E-state index is 11.9. The van der Waals surface area contributed by atoms with Crippen molar-refractivity contribution < 1.29 is 14.6 Å². The predicted molar refractivity (Wildman–Crippen MR) is 77.6 cm³/mol. The molecule has 3 N–H and O–H groups in total. The number of carbonyl (C=O) groups is 1. The molecule has 1 saturated carbocycles. The number of hydrogen-bond acceptors (Lipinski definition) is 3. The highest BCUT2D eigenvalue weighted by Crippen LogP contribution is 2.34. The number of nitrogens with one attached hydrogen (secondary N) is 2. The van der Waals surface area contributed by atoms with Gasteiger partial charge in [0, 0.05) is 38.6 Å². The van der Waals surface area contributed by atoms with Crippen LogP contribution in [0.5, 0.6) is 0 Å². The molecule has 1 heterocycles. The van der Waals surface area contributed by atoms with Crippen LogP contribution < -0.4 is 10.6 Å². The van der Waals surface area contributed by atoms with Crippen molar-refractivity contribution >= 4 is 6.03 Å². The highest BCUT2D eigenvalue weighted by molar-refractivity contribution is 5.74. The minimum absolute atomic E-state index is 0.158. The van der Waals surface area contributed by atoms with E-state index >= 15 is 0 Å². The summed E-state index contributed by atoms with van der Waals surface area (Å²) in [5.74, 6) is 0. The molecule has 0 aromatic carbocycles. The Morgan fingerprint density at radius 3 is 2.40 bits per heavy atom. The first-order valence-corrected chi connectivity index (χ1v) is 7.73. The number of ether oxygens (including phenoxy) is 1. The monoisotopic (exact) mass is 284 g/mol. The van der Waals surface area contributed by atoms with Gasteiger partial charge in [-0.25, -0.2) is 4.79 Å². The van der Waals surface area contributed by atoms with Crippen LogP contribution in [0.1, 0.15) is 52.4 Å². The van der Waals surface area contributed by atoms with E-state index in [9.17, 15) is 9.90 Å². The summed E-state index contributed by atoms with van der Waals surface area (Å²) in [6.07, 6.45) is 5.56. The van der Waals surface area contributed by atoms with Crippen molar-refractivity contribution in [3.8, 4) is 0 Å². The Kier molecular flexibility index (Phi) is 4.91. The number of amides is 2. The SMILES string of the molecule is CC1(C)CCC(NC(=O)NCC2(O)CCOCC2)CC1. The zero-order valence-corrected chi connectivity index (χ0v) is 12.7. The number of urea groups is 1. The first kappa shape index (κ1) is 15.6. The molecule has 2 fully saturated rings. The van der Waals surface area contributed by atoms with Crippen LogP contribution in [-0.4, -0.2) is 42.5 Å². The van der Waals surface area contributed by atoms with Crippen LogP contribution in [0, 0.1) is 5.41 Å². The highest BCUT2D eigenvalue weighted by Gasteiger charge is 2.31. The van der Waals surface area contributed by atoms with E-state index in [2.05, 4.69) is 24.5 Å². The topological polar surface area (TPSA) is 70.6 Å². The van der Waals surface area contributed by atoms with Crippen molar-refractivity contribution in [2.24, 2.45) is 5.41 Å². The lowest BCUT2D eigenvalue weighted by Crippen LogP contribution is -2.51. The fraction of sp³-hybridized carbons (Fsp3) is 0.933. The minimum atomic E-state index is -0.801. The molecule has 5 nitrogen and oxygen atoms in total. The van der Waals surface area contributed by atoms with E-state index in [0.717, 1.165) is 25.7 Å². The van der Waals surface area contributed by atoms with E-state index in [0.29, 0.717) is 38.0 Å². The average molecular weight is 284 g/mol. The Bertz CT molecular complexity index is 328. The molecule has 5 heteroatoms. The van der Waals surface area contributed by atoms with Crippen LogP contribution >= 0.6 is 0 Å². The zero-order chi connectivity index (χ0) is 14.6. The first-order chi connectivity index (χ1) is 9.39. The van der Waals surface area contributed by atoms with E-state index in [1.165, 1.54) is 0 Å². The summed E-state index contributed by atoms with van der Waals surface area (Å²) >= 11 is 0. The van der Waals surface area contributed by atoms with Gasteiger partial charge in [0.2, 0.25) is 0 Å². The fourth-order valence-electron chi connectivity index (χ4n) is 2.95. The van der Waals surface area contributed by atoms with Gasteiger partial charge < -0.3 is 20.5 Å². The van der Waals surface area contributed by atoms with Gasteiger partial charge in [0.05, 0.1) is 5.60 Å². The van der Waals surface area contributed by atoms with E-state index < -0.39 is 5.60 Å². The third-order valence-corrected chi connectivity index (χ3v) is 4.68. The van der Waals surface area contributed by atoms with E-state index in [1.807, 2.05) is 0 Å². The molecule has 1 aliphatic carbocycles. The van der Waals surface area contributed by atoms with Gasteiger partial charge >= 0.3 is 6.03 Å².